The molecule has 31 heavy (non-hydrogen) atoms. The third-order valence-corrected chi connectivity index (χ3v) is 5.97. The third kappa shape index (κ3) is 7.95. The van der Waals surface area contributed by atoms with E-state index in [1.165, 1.54) is 39.5 Å². The predicted octanol–water partition coefficient (Wildman–Crippen LogP) is 5.69. The van der Waals surface area contributed by atoms with Gasteiger partial charge in [-0.25, -0.2) is 0 Å². The molecule has 0 saturated carbocycles. The highest BCUT2D eigenvalue weighted by atomic mass is 16.6. The van der Waals surface area contributed by atoms with Crippen molar-refractivity contribution in [2.75, 3.05) is 0 Å². The second-order valence-electron chi connectivity index (χ2n) is 8.60. The van der Waals surface area contributed by atoms with Crippen LogP contribution >= 0.6 is 0 Å². The lowest BCUT2D eigenvalue weighted by Gasteiger charge is -2.33. The number of ether oxygens (including phenoxy) is 3. The lowest BCUT2D eigenvalue weighted by atomic mass is 9.75. The van der Waals surface area contributed by atoms with E-state index in [1.807, 2.05) is 24.3 Å². The quantitative estimate of drug-likeness (QED) is 0.200. The number of esters is 2. The van der Waals surface area contributed by atoms with E-state index in [0.717, 1.165) is 25.7 Å². The first-order chi connectivity index (χ1) is 15.0. The Kier molecular flexibility index (Phi) is 11.1. The van der Waals surface area contributed by atoms with Crippen molar-refractivity contribution < 1.29 is 23.8 Å². The summed E-state index contributed by atoms with van der Waals surface area (Å²) in [5.41, 5.74) is 0. The Morgan fingerprint density at radius 2 is 1.23 bits per heavy atom. The molecule has 0 aromatic carbocycles. The zero-order chi connectivity index (χ0) is 22.6. The zero-order valence-corrected chi connectivity index (χ0v) is 19.6. The summed E-state index contributed by atoms with van der Waals surface area (Å²) in [6.07, 6.45) is 20.1. The van der Waals surface area contributed by atoms with Gasteiger partial charge in [-0.2, -0.15) is 0 Å². The molecule has 0 radical (unpaired) electrons. The molecule has 5 heteroatoms. The maximum absolute atomic E-state index is 11.9. The molecule has 5 nitrogen and oxygen atoms in total. The Hall–Kier alpha value is -1.88. The summed E-state index contributed by atoms with van der Waals surface area (Å²) in [6.45, 7) is 7.24. The summed E-state index contributed by atoms with van der Waals surface area (Å²) in [5.74, 6) is -0.808. The van der Waals surface area contributed by atoms with E-state index < -0.39 is 12.2 Å². The van der Waals surface area contributed by atoms with Crippen molar-refractivity contribution in [3.8, 4) is 0 Å². The van der Waals surface area contributed by atoms with Gasteiger partial charge in [-0.3, -0.25) is 9.59 Å². The highest BCUT2D eigenvalue weighted by Crippen LogP contribution is 2.45. The normalized spacial score (nSPS) is 26.6. The van der Waals surface area contributed by atoms with Crippen LogP contribution in [0.3, 0.4) is 0 Å². The standard InChI is InChI=1S/C26H40O5/c1-5-7-9-11-13-15-21(29-19(3)27)25-23-17-18-24(31-23)26(25)22(30-20(4)28)16-14-12-10-8-6-2/h13-18,21-26H,5-12H2,1-4H3/b15-13+,16-14+/t21-,22+,23+,24-,25+,26-. The third-order valence-electron chi connectivity index (χ3n) is 5.97. The second-order valence-corrected chi connectivity index (χ2v) is 8.60. The molecule has 2 aliphatic heterocycles. The molecule has 2 aliphatic rings. The molecule has 0 spiro atoms. The van der Waals surface area contributed by atoms with Crippen LogP contribution in [0.2, 0.25) is 0 Å². The van der Waals surface area contributed by atoms with Gasteiger partial charge < -0.3 is 14.2 Å². The first-order valence-corrected chi connectivity index (χ1v) is 12.0. The number of allylic oxidation sites excluding steroid dienone is 2. The SMILES string of the molecule is CCCCC/C=C/[C@H](OC(C)=O)[C@H]1[C@@H]([C@@H](/C=C/CCCCC)OC(C)=O)[C@@H]2C=C[C@H]1O2. The number of carbonyl (C=O) groups excluding carboxylic acids is 2. The number of fused-ring (bicyclic) bond motifs is 2. The van der Waals surface area contributed by atoms with E-state index >= 15 is 0 Å². The molecule has 2 rings (SSSR count). The number of unbranched alkanes of at least 4 members (excludes halogenated alkanes) is 6. The summed E-state index contributed by atoms with van der Waals surface area (Å²) in [5, 5.41) is 0. The smallest absolute Gasteiger partial charge is 0.303 e. The molecular formula is C26H40O5. The first kappa shape index (κ1) is 25.4. The van der Waals surface area contributed by atoms with Gasteiger partial charge in [0.15, 0.2) is 0 Å². The molecule has 2 heterocycles. The van der Waals surface area contributed by atoms with Gasteiger partial charge in [0, 0.05) is 25.7 Å². The fourth-order valence-corrected chi connectivity index (χ4v) is 4.54. The van der Waals surface area contributed by atoms with Gasteiger partial charge >= 0.3 is 11.9 Å². The number of carbonyl (C=O) groups is 2. The molecule has 0 unspecified atom stereocenters. The Balaban J connectivity index is 2.20. The molecule has 0 N–H and O–H groups in total. The van der Waals surface area contributed by atoms with Crippen LogP contribution in [0.4, 0.5) is 0 Å². The van der Waals surface area contributed by atoms with E-state index in [4.69, 9.17) is 14.2 Å². The minimum atomic E-state index is -0.407. The summed E-state index contributed by atoms with van der Waals surface area (Å²) in [6, 6.07) is 0. The topological polar surface area (TPSA) is 61.8 Å². The maximum atomic E-state index is 11.9. The molecule has 1 fully saturated rings. The van der Waals surface area contributed by atoms with Crippen LogP contribution < -0.4 is 0 Å². The Bertz CT molecular complexity index is 596. The molecule has 0 amide bonds. The van der Waals surface area contributed by atoms with Crippen LogP contribution in [-0.4, -0.2) is 36.4 Å². The fraction of sp³-hybridized carbons (Fsp3) is 0.692. The van der Waals surface area contributed by atoms with E-state index in [2.05, 4.69) is 26.0 Å². The monoisotopic (exact) mass is 432 g/mol. The van der Waals surface area contributed by atoms with Crippen LogP contribution in [0.15, 0.2) is 36.5 Å². The van der Waals surface area contributed by atoms with E-state index in [9.17, 15) is 9.59 Å². The highest BCUT2D eigenvalue weighted by Gasteiger charge is 2.53. The van der Waals surface area contributed by atoms with Crippen LogP contribution in [0.25, 0.3) is 0 Å². The van der Waals surface area contributed by atoms with Crippen molar-refractivity contribution in [3.63, 3.8) is 0 Å². The largest absolute Gasteiger partial charge is 0.458 e. The van der Waals surface area contributed by atoms with Gasteiger partial charge in [0.1, 0.15) is 12.2 Å². The molecule has 1 saturated heterocycles. The minimum Gasteiger partial charge on any atom is -0.458 e. The predicted molar refractivity (Wildman–Crippen MR) is 122 cm³/mol. The molecule has 0 aromatic heterocycles. The first-order valence-electron chi connectivity index (χ1n) is 12.0. The summed E-state index contributed by atoms with van der Waals surface area (Å²) >= 11 is 0. The number of hydrogen-bond acceptors (Lipinski definition) is 5. The Morgan fingerprint density at radius 3 is 1.58 bits per heavy atom. The van der Waals surface area contributed by atoms with Crippen molar-refractivity contribution in [2.45, 2.75) is 103 Å². The van der Waals surface area contributed by atoms with Crippen LogP contribution in [0.1, 0.15) is 79.1 Å². The van der Waals surface area contributed by atoms with Gasteiger partial charge in [-0.15, -0.1) is 0 Å². The number of hydrogen-bond donors (Lipinski definition) is 0. The Morgan fingerprint density at radius 1 is 0.806 bits per heavy atom. The molecule has 2 bridgehead atoms. The van der Waals surface area contributed by atoms with Gasteiger partial charge in [-0.05, 0) is 37.8 Å². The van der Waals surface area contributed by atoms with Crippen molar-refractivity contribution >= 4 is 11.9 Å². The minimum absolute atomic E-state index is 0.0917. The van der Waals surface area contributed by atoms with Gasteiger partial charge in [0.25, 0.3) is 0 Å². The highest BCUT2D eigenvalue weighted by molar-refractivity contribution is 5.67. The second kappa shape index (κ2) is 13.5. The van der Waals surface area contributed by atoms with Crippen LogP contribution in [0, 0.1) is 11.8 Å². The molecular weight excluding hydrogens is 392 g/mol. The Labute approximate surface area is 187 Å². The summed E-state index contributed by atoms with van der Waals surface area (Å²) in [4.78, 5) is 23.7. The van der Waals surface area contributed by atoms with E-state index in [1.54, 1.807) is 0 Å². The average Bonchev–Trinajstić information content (AvgIpc) is 3.33. The van der Waals surface area contributed by atoms with Crippen molar-refractivity contribution in [1.82, 2.24) is 0 Å². The van der Waals surface area contributed by atoms with Crippen molar-refractivity contribution in [3.05, 3.63) is 36.5 Å². The maximum Gasteiger partial charge on any atom is 0.303 e. The van der Waals surface area contributed by atoms with Crippen LogP contribution in [-0.2, 0) is 23.8 Å². The lowest BCUT2D eigenvalue weighted by molar-refractivity contribution is -0.152. The molecule has 0 aromatic rings. The average molecular weight is 433 g/mol. The van der Waals surface area contributed by atoms with Crippen molar-refractivity contribution in [2.24, 2.45) is 11.8 Å². The fourth-order valence-electron chi connectivity index (χ4n) is 4.54. The zero-order valence-electron chi connectivity index (χ0n) is 19.6. The summed E-state index contributed by atoms with van der Waals surface area (Å²) in [7, 11) is 0. The van der Waals surface area contributed by atoms with Crippen LogP contribution in [0.5, 0.6) is 0 Å². The van der Waals surface area contributed by atoms with Gasteiger partial charge in [0.2, 0.25) is 0 Å². The van der Waals surface area contributed by atoms with E-state index in [0.29, 0.717) is 0 Å². The van der Waals surface area contributed by atoms with Gasteiger partial charge in [-0.1, -0.05) is 63.8 Å². The van der Waals surface area contributed by atoms with E-state index in [-0.39, 0.29) is 36.0 Å². The molecule has 6 atom stereocenters. The molecule has 174 valence electrons. The van der Waals surface area contributed by atoms with Crippen molar-refractivity contribution in [1.29, 1.82) is 0 Å². The molecule has 0 aliphatic carbocycles. The van der Waals surface area contributed by atoms with Gasteiger partial charge in [0.05, 0.1) is 12.2 Å². The lowest BCUT2D eigenvalue weighted by Crippen LogP contribution is -2.42. The summed E-state index contributed by atoms with van der Waals surface area (Å²) < 4.78 is 17.6. The number of rotatable bonds is 14.